The summed E-state index contributed by atoms with van der Waals surface area (Å²) in [4.78, 5) is 33.1. The second-order valence-corrected chi connectivity index (χ2v) is 10.2. The first-order chi connectivity index (χ1) is 19.7. The van der Waals surface area contributed by atoms with E-state index in [-0.39, 0.29) is 11.9 Å². The Hall–Kier alpha value is -4.17. The average molecular weight is 559 g/mol. The highest BCUT2D eigenvalue weighted by Crippen LogP contribution is 2.50. The second kappa shape index (κ2) is 11.7. The van der Waals surface area contributed by atoms with Crippen LogP contribution in [0.15, 0.2) is 54.7 Å². The van der Waals surface area contributed by atoms with Crippen LogP contribution in [0.3, 0.4) is 0 Å². The number of hydrogen-bond acceptors (Lipinski definition) is 7. The molecule has 0 atom stereocenters. The number of hydrogen-bond donors (Lipinski definition) is 1. The number of anilines is 2. The number of esters is 1. The molecule has 2 fully saturated rings. The molecule has 1 saturated carbocycles. The van der Waals surface area contributed by atoms with E-state index in [0.29, 0.717) is 35.6 Å². The van der Waals surface area contributed by atoms with Gasteiger partial charge in [-0.1, -0.05) is 36.3 Å². The molecule has 1 aliphatic carbocycles. The number of ether oxygens (including phenoxy) is 1. The molecule has 2 aromatic carbocycles. The average Bonchev–Trinajstić information content (AvgIpc) is 3.78. The lowest BCUT2D eigenvalue weighted by Crippen LogP contribution is -2.36. The highest BCUT2D eigenvalue weighted by molar-refractivity contribution is 6.64. The van der Waals surface area contributed by atoms with Crippen molar-refractivity contribution in [2.45, 2.75) is 43.2 Å². The quantitative estimate of drug-likeness (QED) is 0.192. The van der Waals surface area contributed by atoms with Crippen LogP contribution >= 0.6 is 0 Å². The molecular formula is C30H27BF3N4O3. The van der Waals surface area contributed by atoms with Crippen LogP contribution in [0.1, 0.15) is 59.5 Å². The minimum absolute atomic E-state index is 0.0192. The lowest BCUT2D eigenvalue weighted by atomic mass is 9.84. The van der Waals surface area contributed by atoms with Gasteiger partial charge >= 0.3 is 12.1 Å². The molecule has 2 heterocycles. The van der Waals surface area contributed by atoms with E-state index in [4.69, 9.17) is 4.74 Å². The third-order valence-corrected chi connectivity index (χ3v) is 7.62. The minimum atomic E-state index is -4.70. The fourth-order valence-electron chi connectivity index (χ4n) is 5.22. The summed E-state index contributed by atoms with van der Waals surface area (Å²) < 4.78 is 46.4. The van der Waals surface area contributed by atoms with Crippen molar-refractivity contribution < 1.29 is 27.5 Å². The third-order valence-electron chi connectivity index (χ3n) is 7.62. The van der Waals surface area contributed by atoms with Gasteiger partial charge in [-0.15, -0.1) is 0 Å². The van der Waals surface area contributed by atoms with E-state index in [1.54, 1.807) is 31.7 Å². The topological polar surface area (TPSA) is 84.4 Å². The van der Waals surface area contributed by atoms with Crippen LogP contribution in [0.5, 0.6) is 0 Å². The van der Waals surface area contributed by atoms with Crippen molar-refractivity contribution in [1.82, 2.24) is 14.8 Å². The molecule has 209 valence electrons. The molecule has 1 aliphatic heterocycles. The number of alkyl halides is 3. The predicted molar refractivity (Wildman–Crippen MR) is 148 cm³/mol. The Kier molecular flexibility index (Phi) is 8.13. The molecule has 7 nitrogen and oxygen atoms in total. The predicted octanol–water partition coefficient (Wildman–Crippen LogP) is 4.83. The summed E-state index contributed by atoms with van der Waals surface area (Å²) in [6, 6.07) is 14.5. The van der Waals surface area contributed by atoms with Gasteiger partial charge in [-0.3, -0.25) is 4.79 Å². The Labute approximate surface area is 236 Å². The van der Waals surface area contributed by atoms with Gasteiger partial charge in [0.25, 0.3) is 7.41 Å². The molecule has 1 radical (unpaired) electrons. The third kappa shape index (κ3) is 6.28. The number of piperidine rings is 1. The minimum Gasteiger partial charge on any atom is -0.468 e. The highest BCUT2D eigenvalue weighted by Gasteiger charge is 2.53. The van der Waals surface area contributed by atoms with Gasteiger partial charge in [-0.05, 0) is 79.9 Å². The van der Waals surface area contributed by atoms with Crippen molar-refractivity contribution in [2.24, 2.45) is 0 Å². The standard InChI is InChI=1S/C30H27BF3N4O3/c1-41-27(40)29(14-15-29)24-5-3-2-4-22(24)8-11-26-25(30(32,33)34)18-35-28(37-26)36-23-9-6-20(7-10-23)21-12-16-38(17-13-21)31-19-39/h2-7,9-10,18-19,21H,12-17H2,1H3,(H,35,36,37). The number of methoxy groups -OCH3 is 1. The van der Waals surface area contributed by atoms with Gasteiger partial charge in [0.05, 0.1) is 18.7 Å². The summed E-state index contributed by atoms with van der Waals surface area (Å²) in [5.74, 6) is 5.35. The van der Waals surface area contributed by atoms with E-state index in [2.05, 4.69) is 27.1 Å². The zero-order chi connectivity index (χ0) is 29.0. The first-order valence-electron chi connectivity index (χ1n) is 13.3. The van der Waals surface area contributed by atoms with Crippen molar-refractivity contribution in [1.29, 1.82) is 0 Å². The van der Waals surface area contributed by atoms with E-state index in [0.717, 1.165) is 43.9 Å². The lowest BCUT2D eigenvalue weighted by Gasteiger charge is -2.30. The van der Waals surface area contributed by atoms with Gasteiger partial charge in [0, 0.05) is 17.4 Å². The van der Waals surface area contributed by atoms with Gasteiger partial charge in [-0.25, -0.2) is 9.97 Å². The van der Waals surface area contributed by atoms with Crippen molar-refractivity contribution in [3.8, 4) is 11.8 Å². The fraction of sp³-hybridized carbons (Fsp3) is 0.333. The summed E-state index contributed by atoms with van der Waals surface area (Å²) in [7, 11) is 2.88. The van der Waals surface area contributed by atoms with E-state index in [1.807, 2.05) is 29.1 Å². The fourth-order valence-corrected chi connectivity index (χ4v) is 5.22. The summed E-state index contributed by atoms with van der Waals surface area (Å²) in [5, 5.41) is 2.97. The first kappa shape index (κ1) is 28.4. The van der Waals surface area contributed by atoms with Gasteiger partial charge in [0.2, 0.25) is 5.95 Å². The number of nitrogens with zero attached hydrogens (tertiary/aromatic N) is 3. The normalized spacial score (nSPS) is 16.7. The Bertz CT molecular complexity index is 1490. The van der Waals surface area contributed by atoms with Crippen LogP contribution in [0.4, 0.5) is 24.8 Å². The molecule has 41 heavy (non-hydrogen) atoms. The summed E-state index contributed by atoms with van der Waals surface area (Å²) >= 11 is 0. The molecule has 5 rings (SSSR count). The number of benzene rings is 2. The molecule has 0 bridgehead atoms. The van der Waals surface area contributed by atoms with E-state index in [9.17, 15) is 22.8 Å². The maximum atomic E-state index is 13.8. The van der Waals surface area contributed by atoms with Crippen molar-refractivity contribution >= 4 is 31.2 Å². The summed E-state index contributed by atoms with van der Waals surface area (Å²) in [6.45, 7) is 1.61. The molecule has 11 heteroatoms. The molecule has 0 spiro atoms. The van der Waals surface area contributed by atoms with Gasteiger partial charge in [0.15, 0.2) is 0 Å². The molecular weight excluding hydrogens is 532 g/mol. The molecule has 0 unspecified atom stereocenters. The van der Waals surface area contributed by atoms with Crippen LogP contribution in [-0.2, 0) is 25.9 Å². The number of carbonyl (C=O) groups excluding carboxylic acids is 2. The number of rotatable bonds is 7. The van der Waals surface area contributed by atoms with Gasteiger partial charge < -0.3 is 19.7 Å². The molecule has 3 aromatic rings. The van der Waals surface area contributed by atoms with Crippen LogP contribution in [0, 0.1) is 11.8 Å². The Morgan fingerprint density at radius 1 is 1.12 bits per heavy atom. The zero-order valence-corrected chi connectivity index (χ0v) is 22.4. The Morgan fingerprint density at radius 3 is 2.46 bits per heavy atom. The number of aromatic nitrogens is 2. The van der Waals surface area contributed by atoms with Crippen LogP contribution < -0.4 is 5.32 Å². The van der Waals surface area contributed by atoms with E-state index < -0.39 is 22.8 Å². The van der Waals surface area contributed by atoms with E-state index >= 15 is 0 Å². The molecule has 0 amide bonds. The maximum Gasteiger partial charge on any atom is 0.420 e. The van der Waals surface area contributed by atoms with Crippen molar-refractivity contribution in [2.75, 3.05) is 25.5 Å². The number of nitrogens with one attached hydrogen (secondary N) is 1. The molecule has 1 N–H and O–H groups in total. The van der Waals surface area contributed by atoms with Gasteiger partial charge in [0.1, 0.15) is 11.3 Å². The maximum absolute atomic E-state index is 13.8. The summed E-state index contributed by atoms with van der Waals surface area (Å²) in [6.07, 6.45) is -0.160. The van der Waals surface area contributed by atoms with Crippen LogP contribution in [-0.4, -0.2) is 54.5 Å². The molecule has 1 aromatic heterocycles. The first-order valence-corrected chi connectivity index (χ1v) is 13.3. The van der Waals surface area contributed by atoms with E-state index in [1.165, 1.54) is 7.11 Å². The highest BCUT2D eigenvalue weighted by atomic mass is 19.4. The van der Waals surface area contributed by atoms with Crippen molar-refractivity contribution in [3.63, 3.8) is 0 Å². The number of halogens is 3. The lowest BCUT2D eigenvalue weighted by molar-refractivity contribution is -0.143. The smallest absolute Gasteiger partial charge is 0.420 e. The Morgan fingerprint density at radius 2 is 1.83 bits per heavy atom. The van der Waals surface area contributed by atoms with Crippen LogP contribution in [0.25, 0.3) is 0 Å². The molecule has 1 saturated heterocycles. The second-order valence-electron chi connectivity index (χ2n) is 10.2. The number of carbonyl (C=O) groups is 2. The SMILES string of the molecule is COC(=O)C1(c2ccccc2C#Cc2nc(Nc3ccc(C4CCN([B]C=O)CC4)cc3)ncc2C(F)(F)F)CC1. The summed E-state index contributed by atoms with van der Waals surface area (Å²) in [5.41, 5.74) is 0.523. The van der Waals surface area contributed by atoms with Crippen LogP contribution in [0.2, 0.25) is 0 Å². The molecule has 2 aliphatic rings. The zero-order valence-electron chi connectivity index (χ0n) is 22.4. The Balaban J connectivity index is 1.37. The largest absolute Gasteiger partial charge is 0.468 e. The van der Waals surface area contributed by atoms with Crippen molar-refractivity contribution in [3.05, 3.63) is 82.7 Å². The monoisotopic (exact) mass is 559 g/mol. The van der Waals surface area contributed by atoms with Gasteiger partial charge in [-0.2, -0.15) is 13.2 Å².